The van der Waals surface area contributed by atoms with Crippen molar-refractivity contribution in [3.8, 4) is 11.3 Å². The van der Waals surface area contributed by atoms with Crippen molar-refractivity contribution in [2.75, 3.05) is 6.61 Å². The Hall–Kier alpha value is -2.36. The van der Waals surface area contributed by atoms with E-state index in [-0.39, 0.29) is 12.4 Å². The second-order valence-electron chi connectivity index (χ2n) is 3.98. The third kappa shape index (κ3) is 3.55. The molecule has 2 aromatic rings. The van der Waals surface area contributed by atoms with E-state index in [4.69, 9.17) is 4.74 Å². The third-order valence-corrected chi connectivity index (χ3v) is 2.62. The van der Waals surface area contributed by atoms with Crippen LogP contribution in [0.1, 0.15) is 18.9 Å². The Labute approximate surface area is 112 Å². The van der Waals surface area contributed by atoms with Crippen LogP contribution in [0.4, 0.5) is 0 Å². The first kappa shape index (κ1) is 13.1. The maximum atomic E-state index is 11.2. The number of benzene rings is 1. The van der Waals surface area contributed by atoms with E-state index in [1.165, 1.54) is 0 Å². The lowest BCUT2D eigenvalue weighted by molar-refractivity contribution is -0.142. The van der Waals surface area contributed by atoms with E-state index in [0.29, 0.717) is 6.61 Å². The fourth-order valence-corrected chi connectivity index (χ4v) is 1.76. The largest absolute Gasteiger partial charge is 0.466 e. The number of H-pyrrole nitrogens is 1. The van der Waals surface area contributed by atoms with E-state index in [1.54, 1.807) is 19.2 Å². The summed E-state index contributed by atoms with van der Waals surface area (Å²) in [7, 11) is 0. The van der Waals surface area contributed by atoms with Crippen LogP contribution in [-0.2, 0) is 9.53 Å². The Morgan fingerprint density at radius 1 is 1.37 bits per heavy atom. The van der Waals surface area contributed by atoms with E-state index in [0.717, 1.165) is 16.8 Å². The normalized spacial score (nSPS) is 10.8. The first-order valence-corrected chi connectivity index (χ1v) is 6.22. The molecule has 1 aromatic carbocycles. The minimum Gasteiger partial charge on any atom is -0.466 e. The number of carbonyl (C=O) groups excluding carboxylic acids is 1. The molecular formula is C15H16N2O2. The molecule has 0 amide bonds. The zero-order valence-corrected chi connectivity index (χ0v) is 10.8. The van der Waals surface area contributed by atoms with Crippen LogP contribution < -0.4 is 0 Å². The Kier molecular flexibility index (Phi) is 4.50. The van der Waals surface area contributed by atoms with E-state index >= 15 is 0 Å². The molecule has 1 N–H and O–H groups in total. The highest BCUT2D eigenvalue weighted by Gasteiger charge is 2.04. The zero-order chi connectivity index (χ0) is 13.5. The van der Waals surface area contributed by atoms with E-state index in [9.17, 15) is 4.79 Å². The molecule has 0 fully saturated rings. The average Bonchev–Trinajstić information content (AvgIpc) is 2.88. The van der Waals surface area contributed by atoms with Gasteiger partial charge in [-0.05, 0) is 6.92 Å². The van der Waals surface area contributed by atoms with Crippen molar-refractivity contribution in [1.82, 2.24) is 10.2 Å². The van der Waals surface area contributed by atoms with Gasteiger partial charge in [0.05, 0.1) is 24.9 Å². The van der Waals surface area contributed by atoms with Crippen LogP contribution in [-0.4, -0.2) is 22.8 Å². The fourth-order valence-electron chi connectivity index (χ4n) is 1.76. The van der Waals surface area contributed by atoms with Crippen molar-refractivity contribution in [1.29, 1.82) is 0 Å². The monoisotopic (exact) mass is 256 g/mol. The summed E-state index contributed by atoms with van der Waals surface area (Å²) in [5.41, 5.74) is 2.96. The molecule has 0 radical (unpaired) electrons. The maximum absolute atomic E-state index is 11.2. The molecule has 0 aliphatic rings. The molecule has 0 saturated heterocycles. The van der Waals surface area contributed by atoms with Crippen LogP contribution in [0.25, 0.3) is 17.3 Å². The number of ether oxygens (including phenoxy) is 1. The SMILES string of the molecule is CCOC(=O)CC=Cc1cn[nH]c1-c1ccccc1. The highest BCUT2D eigenvalue weighted by molar-refractivity contribution is 5.75. The van der Waals surface area contributed by atoms with E-state index in [2.05, 4.69) is 10.2 Å². The second kappa shape index (κ2) is 6.54. The number of nitrogens with zero attached hydrogens (tertiary/aromatic N) is 1. The Balaban J connectivity index is 2.08. The highest BCUT2D eigenvalue weighted by Crippen LogP contribution is 2.21. The maximum Gasteiger partial charge on any atom is 0.309 e. The highest BCUT2D eigenvalue weighted by atomic mass is 16.5. The van der Waals surface area contributed by atoms with Gasteiger partial charge in [0.2, 0.25) is 0 Å². The van der Waals surface area contributed by atoms with Crippen LogP contribution >= 0.6 is 0 Å². The van der Waals surface area contributed by atoms with Crippen LogP contribution in [0.3, 0.4) is 0 Å². The molecule has 0 aliphatic heterocycles. The van der Waals surface area contributed by atoms with Gasteiger partial charge >= 0.3 is 5.97 Å². The fraction of sp³-hybridized carbons (Fsp3) is 0.200. The second-order valence-corrected chi connectivity index (χ2v) is 3.98. The summed E-state index contributed by atoms with van der Waals surface area (Å²) < 4.78 is 4.86. The van der Waals surface area contributed by atoms with Crippen LogP contribution in [0.15, 0.2) is 42.6 Å². The molecule has 0 aliphatic carbocycles. The molecule has 0 bridgehead atoms. The zero-order valence-electron chi connectivity index (χ0n) is 10.8. The molecule has 98 valence electrons. The van der Waals surface area contributed by atoms with Crippen molar-refractivity contribution in [3.05, 3.63) is 48.2 Å². The van der Waals surface area contributed by atoms with Crippen molar-refractivity contribution in [2.45, 2.75) is 13.3 Å². The number of aromatic nitrogens is 2. The van der Waals surface area contributed by atoms with Crippen molar-refractivity contribution >= 4 is 12.0 Å². The summed E-state index contributed by atoms with van der Waals surface area (Å²) in [5.74, 6) is -0.219. The number of nitrogens with one attached hydrogen (secondary N) is 1. The van der Waals surface area contributed by atoms with E-state index < -0.39 is 0 Å². The van der Waals surface area contributed by atoms with Gasteiger partial charge in [0, 0.05) is 11.1 Å². The quantitative estimate of drug-likeness (QED) is 0.836. The van der Waals surface area contributed by atoms with Gasteiger partial charge in [0.1, 0.15) is 0 Å². The summed E-state index contributed by atoms with van der Waals surface area (Å²) in [6.45, 7) is 2.21. The van der Waals surface area contributed by atoms with Crippen molar-refractivity contribution in [2.24, 2.45) is 0 Å². The van der Waals surface area contributed by atoms with Gasteiger partial charge in [-0.1, -0.05) is 42.5 Å². The van der Waals surface area contributed by atoms with Crippen molar-refractivity contribution < 1.29 is 9.53 Å². The first-order chi connectivity index (χ1) is 9.31. The topological polar surface area (TPSA) is 55.0 Å². The number of hydrogen-bond acceptors (Lipinski definition) is 3. The first-order valence-electron chi connectivity index (χ1n) is 6.22. The minimum absolute atomic E-state index is 0.219. The molecule has 0 saturated carbocycles. The summed E-state index contributed by atoms with van der Waals surface area (Å²) in [6.07, 6.45) is 5.68. The van der Waals surface area contributed by atoms with Gasteiger partial charge in [-0.3, -0.25) is 9.89 Å². The standard InChI is InChI=1S/C15H16N2O2/c1-2-19-14(18)10-6-9-13-11-16-17-15(13)12-7-4-3-5-8-12/h3-9,11H,2,10H2,1H3,(H,16,17). The Morgan fingerprint density at radius 3 is 2.89 bits per heavy atom. The summed E-state index contributed by atoms with van der Waals surface area (Å²) >= 11 is 0. The summed E-state index contributed by atoms with van der Waals surface area (Å²) in [4.78, 5) is 11.2. The van der Waals surface area contributed by atoms with Crippen LogP contribution in [0, 0.1) is 0 Å². The van der Waals surface area contributed by atoms with Crippen LogP contribution in [0.5, 0.6) is 0 Å². The number of aromatic amines is 1. The smallest absolute Gasteiger partial charge is 0.309 e. The number of hydrogen-bond donors (Lipinski definition) is 1. The van der Waals surface area contributed by atoms with Gasteiger partial charge in [-0.25, -0.2) is 0 Å². The van der Waals surface area contributed by atoms with Gasteiger partial charge in [0.15, 0.2) is 0 Å². The number of rotatable bonds is 5. The number of esters is 1. The average molecular weight is 256 g/mol. The van der Waals surface area contributed by atoms with Crippen molar-refractivity contribution in [3.63, 3.8) is 0 Å². The summed E-state index contributed by atoms with van der Waals surface area (Å²) in [6, 6.07) is 9.94. The van der Waals surface area contributed by atoms with Gasteiger partial charge < -0.3 is 4.74 Å². The lowest BCUT2D eigenvalue weighted by Gasteiger charge is -1.99. The lowest BCUT2D eigenvalue weighted by atomic mass is 10.1. The molecule has 2 rings (SSSR count). The molecule has 0 unspecified atom stereocenters. The third-order valence-electron chi connectivity index (χ3n) is 2.62. The van der Waals surface area contributed by atoms with Gasteiger partial charge in [-0.15, -0.1) is 0 Å². The number of carbonyl (C=O) groups is 1. The molecule has 4 nitrogen and oxygen atoms in total. The molecule has 4 heteroatoms. The molecule has 0 spiro atoms. The predicted molar refractivity (Wildman–Crippen MR) is 74.3 cm³/mol. The Morgan fingerprint density at radius 2 is 2.16 bits per heavy atom. The lowest BCUT2D eigenvalue weighted by Crippen LogP contribution is -2.01. The van der Waals surface area contributed by atoms with Gasteiger partial charge in [-0.2, -0.15) is 5.10 Å². The molecule has 19 heavy (non-hydrogen) atoms. The predicted octanol–water partition coefficient (Wildman–Crippen LogP) is 3.04. The van der Waals surface area contributed by atoms with Gasteiger partial charge in [0.25, 0.3) is 0 Å². The van der Waals surface area contributed by atoms with E-state index in [1.807, 2.05) is 36.4 Å². The summed E-state index contributed by atoms with van der Waals surface area (Å²) in [5, 5.41) is 7.01. The minimum atomic E-state index is -0.219. The Bertz CT molecular complexity index is 559. The molecule has 1 aromatic heterocycles. The molecule has 1 heterocycles. The molecule has 0 atom stereocenters. The molecular weight excluding hydrogens is 240 g/mol. The van der Waals surface area contributed by atoms with Crippen LogP contribution in [0.2, 0.25) is 0 Å².